The lowest BCUT2D eigenvalue weighted by Gasteiger charge is -2.14. The summed E-state index contributed by atoms with van der Waals surface area (Å²) in [6.07, 6.45) is 2.04. The van der Waals surface area contributed by atoms with Crippen LogP contribution in [0.1, 0.15) is 32.3 Å². The van der Waals surface area contributed by atoms with E-state index in [0.717, 1.165) is 12.8 Å². The fourth-order valence-corrected chi connectivity index (χ4v) is 1.52. The highest BCUT2D eigenvalue weighted by Crippen LogP contribution is 2.20. The maximum absolute atomic E-state index is 13.6. The van der Waals surface area contributed by atoms with Crippen LogP contribution in [0.25, 0.3) is 0 Å². The molecule has 3 nitrogen and oxygen atoms in total. The van der Waals surface area contributed by atoms with E-state index in [0.29, 0.717) is 18.1 Å². The van der Waals surface area contributed by atoms with Crippen LogP contribution < -0.4 is 10.5 Å². The Morgan fingerprint density at radius 2 is 2.06 bits per heavy atom. The molecule has 0 bridgehead atoms. The Bertz CT molecular complexity index is 389. The predicted octanol–water partition coefficient (Wildman–Crippen LogP) is 2.92. The fourth-order valence-electron chi connectivity index (χ4n) is 1.52. The molecule has 0 amide bonds. The summed E-state index contributed by atoms with van der Waals surface area (Å²) in [7, 11) is 0. The van der Waals surface area contributed by atoms with Gasteiger partial charge in [-0.15, -0.1) is 0 Å². The second kappa shape index (κ2) is 6.23. The van der Waals surface area contributed by atoms with Gasteiger partial charge in [0.1, 0.15) is 5.84 Å². The molecule has 0 atom stereocenters. The number of hydrogen-bond donors (Lipinski definition) is 2. The van der Waals surface area contributed by atoms with Crippen molar-refractivity contribution in [2.24, 2.45) is 11.7 Å². The fraction of sp³-hybridized carbons (Fsp3) is 0.462. The van der Waals surface area contributed by atoms with Gasteiger partial charge >= 0.3 is 0 Å². The molecule has 0 aliphatic heterocycles. The highest BCUT2D eigenvalue weighted by Gasteiger charge is 2.09. The van der Waals surface area contributed by atoms with Gasteiger partial charge in [-0.2, -0.15) is 0 Å². The van der Waals surface area contributed by atoms with E-state index in [1.807, 2.05) is 0 Å². The van der Waals surface area contributed by atoms with Crippen molar-refractivity contribution in [3.63, 3.8) is 0 Å². The molecule has 4 heteroatoms. The second-order valence-electron chi connectivity index (χ2n) is 4.05. The lowest BCUT2D eigenvalue weighted by molar-refractivity contribution is 0.231. The first-order valence-corrected chi connectivity index (χ1v) is 5.85. The first-order chi connectivity index (χ1) is 8.08. The molecule has 0 aliphatic carbocycles. The van der Waals surface area contributed by atoms with E-state index in [-0.39, 0.29) is 11.6 Å². The molecule has 0 radical (unpaired) electrons. The van der Waals surface area contributed by atoms with E-state index in [1.165, 1.54) is 12.1 Å². The highest BCUT2D eigenvalue weighted by molar-refractivity contribution is 5.95. The Morgan fingerprint density at radius 3 is 2.53 bits per heavy atom. The SMILES string of the molecule is CCC(CC)COc1ccc(C(=N)N)cc1F. The second-order valence-corrected chi connectivity index (χ2v) is 4.05. The van der Waals surface area contributed by atoms with Gasteiger partial charge in [0.2, 0.25) is 0 Å². The van der Waals surface area contributed by atoms with E-state index < -0.39 is 5.82 Å². The number of amidine groups is 1. The first-order valence-electron chi connectivity index (χ1n) is 5.85. The van der Waals surface area contributed by atoms with Gasteiger partial charge in [0, 0.05) is 5.56 Å². The number of halogens is 1. The molecule has 0 aliphatic rings. The molecule has 0 aromatic heterocycles. The Hall–Kier alpha value is -1.58. The predicted molar refractivity (Wildman–Crippen MR) is 67.0 cm³/mol. The van der Waals surface area contributed by atoms with E-state index in [9.17, 15) is 4.39 Å². The summed E-state index contributed by atoms with van der Waals surface area (Å²) in [5.41, 5.74) is 5.65. The average molecular weight is 238 g/mol. The first kappa shape index (κ1) is 13.5. The quantitative estimate of drug-likeness (QED) is 0.591. The Kier molecular flexibility index (Phi) is 4.94. The molecule has 0 saturated carbocycles. The summed E-state index contributed by atoms with van der Waals surface area (Å²) in [6, 6.07) is 4.34. The number of rotatable bonds is 6. The molecule has 0 saturated heterocycles. The third-order valence-electron chi connectivity index (χ3n) is 2.87. The van der Waals surface area contributed by atoms with Gasteiger partial charge in [-0.3, -0.25) is 5.41 Å². The van der Waals surface area contributed by atoms with Gasteiger partial charge in [0.05, 0.1) is 6.61 Å². The van der Waals surface area contributed by atoms with E-state index in [2.05, 4.69) is 13.8 Å². The highest BCUT2D eigenvalue weighted by atomic mass is 19.1. The number of hydrogen-bond acceptors (Lipinski definition) is 2. The molecule has 94 valence electrons. The zero-order valence-corrected chi connectivity index (χ0v) is 10.3. The number of ether oxygens (including phenoxy) is 1. The summed E-state index contributed by atoms with van der Waals surface area (Å²) in [6.45, 7) is 4.70. The van der Waals surface area contributed by atoms with Gasteiger partial charge in [-0.05, 0) is 24.1 Å². The van der Waals surface area contributed by atoms with Crippen LogP contribution in [0.3, 0.4) is 0 Å². The van der Waals surface area contributed by atoms with Gasteiger partial charge in [-0.25, -0.2) is 4.39 Å². The van der Waals surface area contributed by atoms with Crippen molar-refractivity contribution >= 4 is 5.84 Å². The van der Waals surface area contributed by atoms with Crippen molar-refractivity contribution in [3.05, 3.63) is 29.6 Å². The lowest BCUT2D eigenvalue weighted by atomic mass is 10.1. The summed E-state index contributed by atoms with van der Waals surface area (Å²) in [5, 5.41) is 7.20. The number of benzene rings is 1. The standard InChI is InChI=1S/C13H19FN2O/c1-3-9(4-2)8-17-12-6-5-10(13(15)16)7-11(12)14/h5-7,9H,3-4,8H2,1-2H3,(H3,15,16). The van der Waals surface area contributed by atoms with Crippen molar-refractivity contribution in [2.45, 2.75) is 26.7 Å². The molecule has 3 N–H and O–H groups in total. The minimum absolute atomic E-state index is 0.143. The molecule has 0 spiro atoms. The summed E-state index contributed by atoms with van der Waals surface area (Å²) < 4.78 is 19.0. The monoisotopic (exact) mass is 238 g/mol. The minimum atomic E-state index is -0.469. The normalized spacial score (nSPS) is 10.6. The summed E-state index contributed by atoms with van der Waals surface area (Å²) >= 11 is 0. The molecule has 0 unspecified atom stereocenters. The molecule has 1 rings (SSSR count). The zero-order valence-electron chi connectivity index (χ0n) is 10.3. The third-order valence-corrected chi connectivity index (χ3v) is 2.87. The lowest BCUT2D eigenvalue weighted by Crippen LogP contribution is -2.13. The topological polar surface area (TPSA) is 59.1 Å². The van der Waals surface area contributed by atoms with Crippen LogP contribution in [0.4, 0.5) is 4.39 Å². The largest absolute Gasteiger partial charge is 0.490 e. The molecular weight excluding hydrogens is 219 g/mol. The maximum Gasteiger partial charge on any atom is 0.165 e. The molecular formula is C13H19FN2O. The van der Waals surface area contributed by atoms with Crippen molar-refractivity contribution < 1.29 is 9.13 Å². The third kappa shape index (κ3) is 3.73. The Morgan fingerprint density at radius 1 is 1.41 bits per heavy atom. The van der Waals surface area contributed by atoms with E-state index in [1.54, 1.807) is 6.07 Å². The smallest absolute Gasteiger partial charge is 0.165 e. The van der Waals surface area contributed by atoms with Gasteiger partial charge in [0.25, 0.3) is 0 Å². The van der Waals surface area contributed by atoms with Crippen LogP contribution in [0.15, 0.2) is 18.2 Å². The van der Waals surface area contributed by atoms with Crippen LogP contribution in [0, 0.1) is 17.1 Å². The van der Waals surface area contributed by atoms with Crippen LogP contribution in [0.2, 0.25) is 0 Å². The Labute approximate surface area is 101 Å². The molecule has 0 fully saturated rings. The summed E-state index contributed by atoms with van der Waals surface area (Å²) in [5.74, 6) is 0.0582. The van der Waals surface area contributed by atoms with Crippen molar-refractivity contribution in [2.75, 3.05) is 6.61 Å². The molecule has 17 heavy (non-hydrogen) atoms. The van der Waals surface area contributed by atoms with Gasteiger partial charge in [-0.1, -0.05) is 26.7 Å². The van der Waals surface area contributed by atoms with E-state index in [4.69, 9.17) is 15.9 Å². The van der Waals surface area contributed by atoms with Crippen molar-refractivity contribution in [1.29, 1.82) is 5.41 Å². The molecule has 1 aromatic rings. The number of nitrogens with one attached hydrogen (secondary N) is 1. The molecule has 0 heterocycles. The van der Waals surface area contributed by atoms with Crippen LogP contribution >= 0.6 is 0 Å². The van der Waals surface area contributed by atoms with Crippen LogP contribution in [-0.2, 0) is 0 Å². The van der Waals surface area contributed by atoms with Crippen molar-refractivity contribution in [3.8, 4) is 5.75 Å². The summed E-state index contributed by atoms with van der Waals surface area (Å²) in [4.78, 5) is 0. The number of nitrogen functional groups attached to an aromatic ring is 1. The Balaban J connectivity index is 2.69. The van der Waals surface area contributed by atoms with Crippen molar-refractivity contribution in [1.82, 2.24) is 0 Å². The molecule has 1 aromatic carbocycles. The van der Waals surface area contributed by atoms with Gasteiger partial charge in [0.15, 0.2) is 11.6 Å². The average Bonchev–Trinajstić information content (AvgIpc) is 2.31. The maximum atomic E-state index is 13.6. The van der Waals surface area contributed by atoms with Gasteiger partial charge < -0.3 is 10.5 Å². The van der Waals surface area contributed by atoms with Crippen LogP contribution in [-0.4, -0.2) is 12.4 Å². The number of nitrogens with two attached hydrogens (primary N) is 1. The minimum Gasteiger partial charge on any atom is -0.490 e. The van der Waals surface area contributed by atoms with Crippen LogP contribution in [0.5, 0.6) is 5.75 Å². The zero-order chi connectivity index (χ0) is 12.8. The van der Waals surface area contributed by atoms with E-state index >= 15 is 0 Å².